The average molecular weight is 680 g/mol. The van der Waals surface area contributed by atoms with Crippen molar-refractivity contribution in [1.82, 2.24) is 24.8 Å². The van der Waals surface area contributed by atoms with Crippen molar-refractivity contribution in [3.05, 3.63) is 81.2 Å². The van der Waals surface area contributed by atoms with Crippen LogP contribution < -0.4 is 25.8 Å². The molecule has 0 saturated carbocycles. The standard InChI is InChI=1S/C33H32ClF2N7O5/c1-18-15-42(16-20(33(18,35)36)10-11-43-29(45)22-6-4-5-7-23(22)30(43)46)32-38-14-24(34)28(40-32)39-21-8-9-25-19(12-21)13-26(31(47)41(25)3)48-17-27(44)37-2/h4-9,12-14,18,20H,10-11,15-17H2,1-3H3,(H,37,44)(H,38,39,40). The molecule has 2 aromatic heterocycles. The fourth-order valence-corrected chi connectivity index (χ4v) is 6.21. The van der Waals surface area contributed by atoms with E-state index in [1.807, 2.05) is 0 Å². The van der Waals surface area contributed by atoms with Crippen LogP contribution in [-0.2, 0) is 11.8 Å². The number of nitrogens with one attached hydrogen (secondary N) is 2. The van der Waals surface area contributed by atoms with E-state index in [4.69, 9.17) is 16.3 Å². The van der Waals surface area contributed by atoms with E-state index in [2.05, 4.69) is 20.6 Å². The van der Waals surface area contributed by atoms with E-state index in [1.165, 1.54) is 30.8 Å². The molecule has 2 unspecified atom stereocenters. The monoisotopic (exact) mass is 679 g/mol. The number of fused-ring (bicyclic) bond motifs is 2. The highest BCUT2D eigenvalue weighted by Crippen LogP contribution is 2.41. The van der Waals surface area contributed by atoms with E-state index in [1.54, 1.807) is 54.4 Å². The first-order valence-corrected chi connectivity index (χ1v) is 15.6. The third-order valence-electron chi connectivity index (χ3n) is 8.82. The first-order valence-electron chi connectivity index (χ1n) is 15.2. The highest BCUT2D eigenvalue weighted by molar-refractivity contribution is 6.33. The lowest BCUT2D eigenvalue weighted by Crippen LogP contribution is -2.54. The fourth-order valence-electron chi connectivity index (χ4n) is 6.08. The molecule has 48 heavy (non-hydrogen) atoms. The van der Waals surface area contributed by atoms with Gasteiger partial charge in [0.1, 0.15) is 5.02 Å². The zero-order valence-corrected chi connectivity index (χ0v) is 27.1. The number of rotatable bonds is 9. The number of hydrogen-bond donors (Lipinski definition) is 2. The molecule has 1 fully saturated rings. The fraction of sp³-hybridized carbons (Fsp3) is 0.333. The Morgan fingerprint density at radius 3 is 2.48 bits per heavy atom. The van der Waals surface area contributed by atoms with Gasteiger partial charge in [-0.15, -0.1) is 0 Å². The van der Waals surface area contributed by atoms with Crippen LogP contribution in [0, 0.1) is 11.8 Å². The van der Waals surface area contributed by atoms with Crippen LogP contribution in [0.1, 0.15) is 34.1 Å². The first kappa shape index (κ1) is 32.8. The zero-order chi connectivity index (χ0) is 34.3. The van der Waals surface area contributed by atoms with Crippen molar-refractivity contribution in [2.45, 2.75) is 19.3 Å². The number of aryl methyl sites for hydroxylation is 1. The van der Waals surface area contributed by atoms with Crippen LogP contribution in [0.25, 0.3) is 10.9 Å². The topological polar surface area (TPSA) is 139 Å². The number of benzene rings is 2. The van der Waals surface area contributed by atoms with Gasteiger partial charge in [-0.3, -0.25) is 24.1 Å². The summed E-state index contributed by atoms with van der Waals surface area (Å²) in [5.41, 5.74) is 1.31. The van der Waals surface area contributed by atoms with Crippen LogP contribution in [0.15, 0.2) is 59.5 Å². The highest BCUT2D eigenvalue weighted by atomic mass is 35.5. The normalized spacial score (nSPS) is 18.6. The zero-order valence-electron chi connectivity index (χ0n) is 26.3. The molecule has 4 heterocycles. The number of imide groups is 1. The summed E-state index contributed by atoms with van der Waals surface area (Å²) in [6.07, 6.45) is 1.28. The number of carbonyl (C=O) groups is 3. The van der Waals surface area contributed by atoms with E-state index in [9.17, 15) is 19.2 Å². The molecule has 1 saturated heterocycles. The quantitative estimate of drug-likeness (QED) is 0.249. The van der Waals surface area contributed by atoms with Crippen LogP contribution in [0.5, 0.6) is 5.75 Å². The predicted octanol–water partition coefficient (Wildman–Crippen LogP) is 4.24. The molecule has 0 bridgehead atoms. The Morgan fingerprint density at radius 1 is 1.08 bits per heavy atom. The molecule has 2 aliphatic rings. The predicted molar refractivity (Wildman–Crippen MR) is 175 cm³/mol. The maximum absolute atomic E-state index is 15.5. The minimum absolute atomic E-state index is 0.00156. The Labute approximate surface area is 278 Å². The molecule has 0 radical (unpaired) electrons. The van der Waals surface area contributed by atoms with Crippen molar-refractivity contribution in [2.75, 3.05) is 43.5 Å². The van der Waals surface area contributed by atoms with Crippen LogP contribution in [0.3, 0.4) is 0 Å². The van der Waals surface area contributed by atoms with Crippen LogP contribution in [0.2, 0.25) is 5.02 Å². The molecule has 2 N–H and O–H groups in total. The minimum Gasteiger partial charge on any atom is -0.478 e. The summed E-state index contributed by atoms with van der Waals surface area (Å²) in [6, 6.07) is 13.2. The first-order chi connectivity index (χ1) is 22.9. The lowest BCUT2D eigenvalue weighted by molar-refractivity contribution is -0.122. The molecule has 250 valence electrons. The summed E-state index contributed by atoms with van der Waals surface area (Å²) in [6.45, 7) is 0.850. The van der Waals surface area contributed by atoms with Gasteiger partial charge >= 0.3 is 0 Å². The number of piperidine rings is 1. The number of halogens is 3. The maximum Gasteiger partial charge on any atom is 0.293 e. The van der Waals surface area contributed by atoms with E-state index in [-0.39, 0.29) is 72.2 Å². The summed E-state index contributed by atoms with van der Waals surface area (Å²) in [5, 5.41) is 6.40. The minimum atomic E-state index is -3.06. The molecule has 12 nitrogen and oxygen atoms in total. The number of carbonyl (C=O) groups excluding carboxylic acids is 3. The van der Waals surface area contributed by atoms with Crippen LogP contribution >= 0.6 is 11.6 Å². The highest BCUT2D eigenvalue weighted by Gasteiger charge is 2.50. The molecule has 2 aromatic carbocycles. The number of nitrogens with zero attached hydrogens (tertiary/aromatic N) is 5. The Morgan fingerprint density at radius 2 is 1.79 bits per heavy atom. The SMILES string of the molecule is CNC(=O)COc1cc2cc(Nc3nc(N4CC(C)C(F)(F)C(CCN5C(=O)c6ccccc6C5=O)C4)ncc3Cl)ccc2n(C)c1=O. The second-order valence-electron chi connectivity index (χ2n) is 11.9. The van der Waals surface area contributed by atoms with Crippen molar-refractivity contribution in [2.24, 2.45) is 18.9 Å². The molecule has 2 atom stereocenters. The Kier molecular flexibility index (Phi) is 8.77. The van der Waals surface area contributed by atoms with Gasteiger partial charge in [0.15, 0.2) is 18.2 Å². The van der Waals surface area contributed by atoms with E-state index in [0.717, 1.165) is 4.90 Å². The molecule has 2 aliphatic heterocycles. The van der Waals surface area contributed by atoms with Gasteiger partial charge in [-0.25, -0.2) is 13.8 Å². The smallest absolute Gasteiger partial charge is 0.293 e. The lowest BCUT2D eigenvalue weighted by Gasteiger charge is -2.42. The largest absolute Gasteiger partial charge is 0.478 e. The summed E-state index contributed by atoms with van der Waals surface area (Å²) in [5.74, 6) is -6.26. The second-order valence-corrected chi connectivity index (χ2v) is 12.3. The number of hydrogen-bond acceptors (Lipinski definition) is 9. The Balaban J connectivity index is 1.20. The molecule has 0 aliphatic carbocycles. The number of amides is 3. The van der Waals surface area contributed by atoms with Gasteiger partial charge in [-0.2, -0.15) is 4.98 Å². The van der Waals surface area contributed by atoms with Crippen molar-refractivity contribution >= 4 is 57.7 Å². The molecular formula is C33H32ClF2N7O5. The van der Waals surface area contributed by atoms with Gasteiger partial charge in [0.05, 0.1) is 22.8 Å². The summed E-state index contributed by atoms with van der Waals surface area (Å²) in [4.78, 5) is 61.6. The van der Waals surface area contributed by atoms with E-state index < -0.39 is 35.1 Å². The molecule has 15 heteroatoms. The number of aromatic nitrogens is 3. The van der Waals surface area contributed by atoms with Crippen LogP contribution in [-0.4, -0.2) is 76.4 Å². The van der Waals surface area contributed by atoms with Gasteiger partial charge in [-0.1, -0.05) is 30.7 Å². The third kappa shape index (κ3) is 6.03. The Hall–Kier alpha value is -5.11. The molecule has 0 spiro atoms. The van der Waals surface area contributed by atoms with Gasteiger partial charge in [0.25, 0.3) is 29.2 Å². The number of ether oxygens (including phenoxy) is 1. The van der Waals surface area contributed by atoms with Crippen molar-refractivity contribution in [1.29, 1.82) is 0 Å². The molecule has 6 rings (SSSR count). The summed E-state index contributed by atoms with van der Waals surface area (Å²) >= 11 is 6.45. The molecule has 4 aromatic rings. The Bertz CT molecular complexity index is 1970. The van der Waals surface area contributed by atoms with Gasteiger partial charge in [0, 0.05) is 56.6 Å². The second kappa shape index (κ2) is 12.8. The number of alkyl halides is 2. The van der Waals surface area contributed by atoms with E-state index in [0.29, 0.717) is 16.6 Å². The lowest BCUT2D eigenvalue weighted by atomic mass is 9.84. The van der Waals surface area contributed by atoms with E-state index >= 15 is 8.78 Å². The molecule has 3 amide bonds. The number of pyridine rings is 1. The van der Waals surface area contributed by atoms with Gasteiger partial charge < -0.3 is 24.8 Å². The van der Waals surface area contributed by atoms with Gasteiger partial charge in [-0.05, 0) is 42.8 Å². The van der Waals surface area contributed by atoms with Crippen molar-refractivity contribution < 1.29 is 27.9 Å². The number of anilines is 3. The van der Waals surface area contributed by atoms with Crippen molar-refractivity contribution in [3.8, 4) is 5.75 Å². The van der Waals surface area contributed by atoms with Crippen LogP contribution in [0.4, 0.5) is 26.2 Å². The van der Waals surface area contributed by atoms with Crippen molar-refractivity contribution in [3.63, 3.8) is 0 Å². The van der Waals surface area contributed by atoms with Gasteiger partial charge in [0.2, 0.25) is 5.95 Å². The maximum atomic E-state index is 15.5. The number of likely N-dealkylation sites (N-methyl/N-ethyl adjacent to an activating group) is 1. The average Bonchev–Trinajstić information content (AvgIpc) is 3.31. The summed E-state index contributed by atoms with van der Waals surface area (Å²) < 4.78 is 37.8. The third-order valence-corrected chi connectivity index (χ3v) is 9.10. The molecular weight excluding hydrogens is 648 g/mol. The summed E-state index contributed by atoms with van der Waals surface area (Å²) in [7, 11) is 3.06.